The molecule has 0 saturated heterocycles. The molecule has 120 valence electrons. The zero-order chi connectivity index (χ0) is 14.6. The molecule has 0 radical (unpaired) electrons. The molecule has 0 aliphatic carbocycles. The first-order chi connectivity index (χ1) is 9.76. The fraction of sp³-hybridized carbons (Fsp3) is 0.533. The SMILES string of the molecule is CN=C(NCCCSC)NCCOc1ccc(C)cc1.I. The minimum atomic E-state index is 0. The molecular formula is C15H26IN3OS. The molecule has 1 aromatic rings. The van der Waals surface area contributed by atoms with E-state index in [9.17, 15) is 0 Å². The molecule has 6 heteroatoms. The molecule has 0 spiro atoms. The van der Waals surface area contributed by atoms with Crippen molar-refractivity contribution in [2.45, 2.75) is 13.3 Å². The number of hydrogen-bond donors (Lipinski definition) is 2. The van der Waals surface area contributed by atoms with Crippen molar-refractivity contribution in [2.75, 3.05) is 38.8 Å². The molecule has 0 saturated carbocycles. The Morgan fingerprint density at radius 3 is 2.48 bits per heavy atom. The van der Waals surface area contributed by atoms with Crippen molar-refractivity contribution < 1.29 is 4.74 Å². The Kier molecular flexibility index (Phi) is 12.7. The highest BCUT2D eigenvalue weighted by Gasteiger charge is 1.97. The van der Waals surface area contributed by atoms with Crippen LogP contribution < -0.4 is 15.4 Å². The molecule has 1 aromatic carbocycles. The van der Waals surface area contributed by atoms with Gasteiger partial charge in [0.25, 0.3) is 0 Å². The van der Waals surface area contributed by atoms with Crippen molar-refractivity contribution in [1.29, 1.82) is 0 Å². The van der Waals surface area contributed by atoms with Crippen molar-refractivity contribution in [1.82, 2.24) is 10.6 Å². The summed E-state index contributed by atoms with van der Waals surface area (Å²) in [7, 11) is 1.78. The van der Waals surface area contributed by atoms with Gasteiger partial charge in [-0.1, -0.05) is 17.7 Å². The van der Waals surface area contributed by atoms with Crippen LogP contribution in [0.1, 0.15) is 12.0 Å². The number of hydrogen-bond acceptors (Lipinski definition) is 3. The van der Waals surface area contributed by atoms with Crippen LogP contribution in [0.4, 0.5) is 0 Å². The molecule has 2 N–H and O–H groups in total. The summed E-state index contributed by atoms with van der Waals surface area (Å²) in [5.74, 6) is 2.90. The van der Waals surface area contributed by atoms with Crippen LogP contribution in [0, 0.1) is 6.92 Å². The number of aryl methyl sites for hydroxylation is 1. The first-order valence-corrected chi connectivity index (χ1v) is 8.28. The Morgan fingerprint density at radius 2 is 1.86 bits per heavy atom. The molecule has 0 fully saturated rings. The van der Waals surface area contributed by atoms with Gasteiger partial charge in [0.15, 0.2) is 5.96 Å². The predicted molar refractivity (Wildman–Crippen MR) is 104 cm³/mol. The number of benzene rings is 1. The summed E-state index contributed by atoms with van der Waals surface area (Å²) in [6, 6.07) is 8.08. The lowest BCUT2D eigenvalue weighted by Gasteiger charge is -2.12. The lowest BCUT2D eigenvalue weighted by atomic mass is 10.2. The summed E-state index contributed by atoms with van der Waals surface area (Å²) < 4.78 is 5.65. The standard InChI is InChI=1S/C15H25N3OS.HI/c1-13-5-7-14(8-6-13)19-11-10-18-15(16-2)17-9-4-12-20-3;/h5-8H,4,9-12H2,1-3H3,(H2,16,17,18);1H. The average molecular weight is 423 g/mol. The van der Waals surface area contributed by atoms with Crippen LogP contribution >= 0.6 is 35.7 Å². The second kappa shape index (κ2) is 13.1. The van der Waals surface area contributed by atoms with Gasteiger partial charge in [0, 0.05) is 13.6 Å². The lowest BCUT2D eigenvalue weighted by Crippen LogP contribution is -2.39. The monoisotopic (exact) mass is 423 g/mol. The van der Waals surface area contributed by atoms with Crippen LogP contribution in [-0.2, 0) is 0 Å². The van der Waals surface area contributed by atoms with Crippen molar-refractivity contribution in [3.8, 4) is 5.75 Å². The molecule has 0 unspecified atom stereocenters. The number of ether oxygens (including phenoxy) is 1. The van der Waals surface area contributed by atoms with Crippen LogP contribution in [0.3, 0.4) is 0 Å². The maximum absolute atomic E-state index is 5.65. The Morgan fingerprint density at radius 1 is 1.19 bits per heavy atom. The van der Waals surface area contributed by atoms with E-state index in [-0.39, 0.29) is 24.0 Å². The second-order valence-electron chi connectivity index (χ2n) is 4.43. The van der Waals surface area contributed by atoms with E-state index in [1.54, 1.807) is 7.05 Å². The van der Waals surface area contributed by atoms with E-state index in [1.807, 2.05) is 23.9 Å². The molecule has 0 aliphatic heterocycles. The number of nitrogens with one attached hydrogen (secondary N) is 2. The lowest BCUT2D eigenvalue weighted by molar-refractivity contribution is 0.322. The van der Waals surface area contributed by atoms with E-state index in [2.05, 4.69) is 40.9 Å². The number of aliphatic imine (C=N–C) groups is 1. The van der Waals surface area contributed by atoms with Crippen molar-refractivity contribution in [3.63, 3.8) is 0 Å². The fourth-order valence-corrected chi connectivity index (χ4v) is 2.05. The smallest absolute Gasteiger partial charge is 0.191 e. The first-order valence-electron chi connectivity index (χ1n) is 6.89. The molecule has 0 bridgehead atoms. The Hall–Kier alpha value is -0.630. The van der Waals surface area contributed by atoms with Crippen molar-refractivity contribution in [2.24, 2.45) is 4.99 Å². The van der Waals surface area contributed by atoms with Gasteiger partial charge in [-0.3, -0.25) is 4.99 Å². The van der Waals surface area contributed by atoms with Gasteiger partial charge in [-0.05, 0) is 37.5 Å². The summed E-state index contributed by atoms with van der Waals surface area (Å²) >= 11 is 1.86. The summed E-state index contributed by atoms with van der Waals surface area (Å²) in [4.78, 5) is 4.17. The summed E-state index contributed by atoms with van der Waals surface area (Å²) in [5.41, 5.74) is 1.24. The number of rotatable bonds is 8. The zero-order valence-electron chi connectivity index (χ0n) is 13.0. The number of thioether (sulfide) groups is 1. The quantitative estimate of drug-likeness (QED) is 0.292. The molecule has 0 aliphatic rings. The predicted octanol–water partition coefficient (Wildman–Crippen LogP) is 2.91. The highest BCUT2D eigenvalue weighted by molar-refractivity contribution is 14.0. The normalized spacial score (nSPS) is 10.7. The fourth-order valence-electron chi connectivity index (χ4n) is 1.62. The number of halogens is 1. The van der Waals surface area contributed by atoms with Gasteiger partial charge in [0.05, 0.1) is 6.54 Å². The molecule has 21 heavy (non-hydrogen) atoms. The highest BCUT2D eigenvalue weighted by atomic mass is 127. The Labute approximate surface area is 149 Å². The topological polar surface area (TPSA) is 45.7 Å². The van der Waals surface area contributed by atoms with Gasteiger partial charge in [0.2, 0.25) is 0 Å². The summed E-state index contributed by atoms with van der Waals surface area (Å²) in [6.07, 6.45) is 3.26. The van der Waals surface area contributed by atoms with Crippen molar-refractivity contribution >= 4 is 41.7 Å². The number of nitrogens with zero attached hydrogens (tertiary/aromatic N) is 1. The van der Waals surface area contributed by atoms with Crippen LogP contribution in [0.25, 0.3) is 0 Å². The van der Waals surface area contributed by atoms with E-state index in [0.717, 1.165) is 31.2 Å². The third-order valence-electron chi connectivity index (χ3n) is 2.73. The molecule has 1 rings (SSSR count). The van der Waals surface area contributed by atoms with E-state index in [0.29, 0.717) is 6.61 Å². The van der Waals surface area contributed by atoms with E-state index >= 15 is 0 Å². The zero-order valence-corrected chi connectivity index (χ0v) is 16.2. The van der Waals surface area contributed by atoms with Gasteiger partial charge >= 0.3 is 0 Å². The van der Waals surface area contributed by atoms with E-state index in [4.69, 9.17) is 4.74 Å². The van der Waals surface area contributed by atoms with Crippen LogP contribution in [0.2, 0.25) is 0 Å². The number of guanidine groups is 1. The third-order valence-corrected chi connectivity index (χ3v) is 3.42. The minimum absolute atomic E-state index is 0. The van der Waals surface area contributed by atoms with Crippen LogP contribution in [-0.4, -0.2) is 44.7 Å². The van der Waals surface area contributed by atoms with E-state index in [1.165, 1.54) is 11.3 Å². The third kappa shape index (κ3) is 9.84. The second-order valence-corrected chi connectivity index (χ2v) is 5.42. The summed E-state index contributed by atoms with van der Waals surface area (Å²) in [5, 5.41) is 6.52. The molecule has 0 aromatic heterocycles. The largest absolute Gasteiger partial charge is 0.492 e. The van der Waals surface area contributed by atoms with Gasteiger partial charge in [0.1, 0.15) is 12.4 Å². The molecular weight excluding hydrogens is 397 g/mol. The molecule has 0 amide bonds. The first kappa shape index (κ1) is 20.4. The Balaban J connectivity index is 0.00000400. The molecule has 0 heterocycles. The van der Waals surface area contributed by atoms with Crippen molar-refractivity contribution in [3.05, 3.63) is 29.8 Å². The molecule has 0 atom stereocenters. The molecule has 4 nitrogen and oxygen atoms in total. The maximum Gasteiger partial charge on any atom is 0.191 e. The van der Waals surface area contributed by atoms with Gasteiger partial charge in [-0.25, -0.2) is 0 Å². The van der Waals surface area contributed by atoms with E-state index < -0.39 is 0 Å². The average Bonchev–Trinajstić information content (AvgIpc) is 2.47. The highest BCUT2D eigenvalue weighted by Crippen LogP contribution is 2.10. The van der Waals surface area contributed by atoms with Crippen LogP contribution in [0.5, 0.6) is 5.75 Å². The van der Waals surface area contributed by atoms with Gasteiger partial charge in [-0.2, -0.15) is 11.8 Å². The minimum Gasteiger partial charge on any atom is -0.492 e. The maximum atomic E-state index is 5.65. The van der Waals surface area contributed by atoms with Crippen LogP contribution in [0.15, 0.2) is 29.3 Å². The Bertz CT molecular complexity index is 398. The van der Waals surface area contributed by atoms with Gasteiger partial charge < -0.3 is 15.4 Å². The summed E-state index contributed by atoms with van der Waals surface area (Å²) in [6.45, 7) is 4.36. The van der Waals surface area contributed by atoms with Gasteiger partial charge in [-0.15, -0.1) is 24.0 Å².